The first kappa shape index (κ1) is 21.9. The molecule has 0 fully saturated rings. The van der Waals surface area contributed by atoms with Gasteiger partial charge in [0.2, 0.25) is 15.9 Å². The minimum absolute atomic E-state index is 0.180. The molecule has 0 spiro atoms. The van der Waals surface area contributed by atoms with Crippen LogP contribution in [0.4, 0.5) is 0 Å². The third kappa shape index (κ3) is 4.91. The second-order valence-electron chi connectivity index (χ2n) is 7.04. The van der Waals surface area contributed by atoms with Crippen molar-refractivity contribution in [3.63, 3.8) is 0 Å². The summed E-state index contributed by atoms with van der Waals surface area (Å²) in [5.74, 6) is 0.292. The second kappa shape index (κ2) is 8.75. The van der Waals surface area contributed by atoms with Crippen molar-refractivity contribution in [3.05, 3.63) is 58.7 Å². The molecule has 2 aromatic rings. The van der Waals surface area contributed by atoms with E-state index in [0.717, 1.165) is 26.6 Å². The van der Waals surface area contributed by atoms with Gasteiger partial charge in [-0.1, -0.05) is 23.8 Å². The quantitative estimate of drug-likeness (QED) is 0.769. The number of hydrogen-bond acceptors (Lipinski definition) is 4. The molecule has 0 heterocycles. The van der Waals surface area contributed by atoms with E-state index in [-0.39, 0.29) is 23.4 Å². The van der Waals surface area contributed by atoms with Gasteiger partial charge in [0.25, 0.3) is 0 Å². The van der Waals surface area contributed by atoms with Gasteiger partial charge in [0, 0.05) is 12.6 Å². The molecule has 1 atom stereocenters. The van der Waals surface area contributed by atoms with E-state index in [9.17, 15) is 13.2 Å². The minimum atomic E-state index is -3.75. The van der Waals surface area contributed by atoms with Crippen molar-refractivity contribution in [3.8, 4) is 5.75 Å². The SMILES string of the molecule is COc1ccc(C)cc1C(C)NC(=O)CN(C)S(=O)(=O)c1ccc(C)c(C)c1. The molecule has 1 unspecified atom stereocenters. The Hall–Kier alpha value is -2.38. The highest BCUT2D eigenvalue weighted by Gasteiger charge is 2.24. The van der Waals surface area contributed by atoms with Crippen LogP contribution in [0.5, 0.6) is 5.75 Å². The highest BCUT2D eigenvalue weighted by Crippen LogP contribution is 2.26. The van der Waals surface area contributed by atoms with E-state index in [2.05, 4.69) is 5.32 Å². The molecule has 1 amide bonds. The van der Waals surface area contributed by atoms with Gasteiger partial charge in [-0.25, -0.2) is 8.42 Å². The summed E-state index contributed by atoms with van der Waals surface area (Å²) in [5.41, 5.74) is 3.79. The monoisotopic (exact) mass is 404 g/mol. The maximum absolute atomic E-state index is 12.8. The number of carbonyl (C=O) groups is 1. The number of nitrogens with one attached hydrogen (secondary N) is 1. The van der Waals surface area contributed by atoms with Gasteiger partial charge in [-0.05, 0) is 57.0 Å². The van der Waals surface area contributed by atoms with Crippen LogP contribution in [0.15, 0.2) is 41.3 Å². The Labute approximate surface area is 167 Å². The number of ether oxygens (including phenoxy) is 1. The Morgan fingerprint density at radius 3 is 2.39 bits per heavy atom. The first-order valence-electron chi connectivity index (χ1n) is 9.03. The average Bonchev–Trinajstić information content (AvgIpc) is 2.63. The van der Waals surface area contributed by atoms with Crippen molar-refractivity contribution < 1.29 is 17.9 Å². The molecule has 28 heavy (non-hydrogen) atoms. The topological polar surface area (TPSA) is 75.7 Å². The van der Waals surface area contributed by atoms with Gasteiger partial charge in [-0.15, -0.1) is 0 Å². The smallest absolute Gasteiger partial charge is 0.243 e. The van der Waals surface area contributed by atoms with Crippen LogP contribution in [0.25, 0.3) is 0 Å². The Morgan fingerprint density at radius 2 is 1.79 bits per heavy atom. The van der Waals surface area contributed by atoms with Crippen molar-refractivity contribution in [1.29, 1.82) is 0 Å². The molecule has 0 aliphatic rings. The number of nitrogens with zero attached hydrogens (tertiary/aromatic N) is 1. The number of amides is 1. The molecule has 0 saturated carbocycles. The van der Waals surface area contributed by atoms with Crippen molar-refractivity contribution in [2.75, 3.05) is 20.7 Å². The maximum Gasteiger partial charge on any atom is 0.243 e. The number of hydrogen-bond donors (Lipinski definition) is 1. The molecule has 1 N–H and O–H groups in total. The Bertz CT molecular complexity index is 970. The molecular formula is C21H28N2O4S. The minimum Gasteiger partial charge on any atom is -0.496 e. The van der Waals surface area contributed by atoms with Gasteiger partial charge < -0.3 is 10.1 Å². The third-order valence-electron chi connectivity index (χ3n) is 4.78. The standard InChI is InChI=1S/C21H28N2O4S/c1-14-7-10-20(27-6)19(11-14)17(4)22-21(24)13-23(5)28(25,26)18-9-8-15(2)16(3)12-18/h7-12,17H,13H2,1-6H3,(H,22,24). The van der Waals surface area contributed by atoms with Gasteiger partial charge in [-0.2, -0.15) is 4.31 Å². The zero-order valence-electron chi connectivity index (χ0n) is 17.2. The molecule has 0 saturated heterocycles. The van der Waals surface area contributed by atoms with Crippen LogP contribution in [0.2, 0.25) is 0 Å². The molecule has 0 radical (unpaired) electrons. The molecule has 0 bridgehead atoms. The van der Waals surface area contributed by atoms with E-state index >= 15 is 0 Å². The predicted molar refractivity (Wildman–Crippen MR) is 110 cm³/mol. The molecule has 0 aromatic heterocycles. The number of sulfonamides is 1. The lowest BCUT2D eigenvalue weighted by molar-refractivity contribution is -0.121. The van der Waals surface area contributed by atoms with Gasteiger partial charge in [-0.3, -0.25) is 4.79 Å². The van der Waals surface area contributed by atoms with E-state index in [1.165, 1.54) is 7.05 Å². The van der Waals surface area contributed by atoms with Gasteiger partial charge in [0.15, 0.2) is 0 Å². The molecule has 0 aliphatic carbocycles. The van der Waals surface area contributed by atoms with Gasteiger partial charge >= 0.3 is 0 Å². The average molecular weight is 405 g/mol. The first-order chi connectivity index (χ1) is 13.1. The maximum atomic E-state index is 12.8. The summed E-state index contributed by atoms with van der Waals surface area (Å²) in [5, 5.41) is 2.85. The summed E-state index contributed by atoms with van der Waals surface area (Å²) in [6.45, 7) is 7.31. The van der Waals surface area contributed by atoms with Crippen LogP contribution in [-0.2, 0) is 14.8 Å². The number of methoxy groups -OCH3 is 1. The Balaban J connectivity index is 2.11. The molecule has 6 nitrogen and oxygen atoms in total. The summed E-state index contributed by atoms with van der Waals surface area (Å²) in [7, 11) is -0.765. The lowest BCUT2D eigenvalue weighted by Gasteiger charge is -2.21. The number of likely N-dealkylation sites (N-methyl/N-ethyl adjacent to an activating group) is 1. The summed E-state index contributed by atoms with van der Waals surface area (Å²) in [6.07, 6.45) is 0. The zero-order chi connectivity index (χ0) is 21.1. The fourth-order valence-electron chi connectivity index (χ4n) is 2.90. The van der Waals surface area contributed by atoms with Gasteiger partial charge in [0.05, 0.1) is 24.6 Å². The summed E-state index contributed by atoms with van der Waals surface area (Å²) >= 11 is 0. The molecule has 0 aliphatic heterocycles. The van der Waals surface area contributed by atoms with Crippen LogP contribution >= 0.6 is 0 Å². The fraction of sp³-hybridized carbons (Fsp3) is 0.381. The number of benzene rings is 2. The van der Waals surface area contributed by atoms with Crippen LogP contribution in [0.1, 0.15) is 35.2 Å². The van der Waals surface area contributed by atoms with Crippen LogP contribution < -0.4 is 10.1 Å². The highest BCUT2D eigenvalue weighted by atomic mass is 32.2. The summed E-state index contributed by atoms with van der Waals surface area (Å²) < 4.78 is 31.9. The fourth-order valence-corrected chi connectivity index (χ4v) is 4.11. The Kier molecular flexibility index (Phi) is 6.85. The lowest BCUT2D eigenvalue weighted by Crippen LogP contribution is -2.39. The van der Waals surface area contributed by atoms with Crippen molar-refractivity contribution >= 4 is 15.9 Å². The molecular weight excluding hydrogens is 376 g/mol. The van der Waals surface area contributed by atoms with E-state index < -0.39 is 10.0 Å². The molecule has 152 valence electrons. The number of rotatable bonds is 7. The van der Waals surface area contributed by atoms with Gasteiger partial charge in [0.1, 0.15) is 5.75 Å². The normalized spacial score (nSPS) is 12.7. The van der Waals surface area contributed by atoms with E-state index in [1.807, 2.05) is 45.9 Å². The van der Waals surface area contributed by atoms with Crippen LogP contribution in [0.3, 0.4) is 0 Å². The van der Waals surface area contributed by atoms with Crippen molar-refractivity contribution in [2.24, 2.45) is 0 Å². The molecule has 2 rings (SSSR count). The van der Waals surface area contributed by atoms with Crippen LogP contribution in [-0.4, -0.2) is 39.3 Å². The van der Waals surface area contributed by atoms with Crippen molar-refractivity contribution in [2.45, 2.75) is 38.6 Å². The van der Waals surface area contributed by atoms with Crippen molar-refractivity contribution in [1.82, 2.24) is 9.62 Å². The highest BCUT2D eigenvalue weighted by molar-refractivity contribution is 7.89. The summed E-state index contributed by atoms with van der Waals surface area (Å²) in [6, 6.07) is 10.4. The third-order valence-corrected chi connectivity index (χ3v) is 6.58. The van der Waals surface area contributed by atoms with E-state index in [4.69, 9.17) is 4.74 Å². The summed E-state index contributed by atoms with van der Waals surface area (Å²) in [4.78, 5) is 12.6. The number of aryl methyl sites for hydroxylation is 3. The Morgan fingerprint density at radius 1 is 1.11 bits per heavy atom. The molecule has 7 heteroatoms. The second-order valence-corrected chi connectivity index (χ2v) is 9.09. The first-order valence-corrected chi connectivity index (χ1v) is 10.5. The predicted octanol–water partition coefficient (Wildman–Crippen LogP) is 3.12. The lowest BCUT2D eigenvalue weighted by atomic mass is 10.0. The molecule has 2 aromatic carbocycles. The van der Waals surface area contributed by atoms with Crippen LogP contribution in [0, 0.1) is 20.8 Å². The van der Waals surface area contributed by atoms with E-state index in [1.54, 1.807) is 25.3 Å². The zero-order valence-corrected chi connectivity index (χ0v) is 18.1. The van der Waals surface area contributed by atoms with E-state index in [0.29, 0.717) is 5.75 Å². The number of carbonyl (C=O) groups excluding carboxylic acids is 1. The largest absolute Gasteiger partial charge is 0.496 e.